The Morgan fingerprint density at radius 1 is 1.32 bits per heavy atom. The zero-order chi connectivity index (χ0) is 14.0. The lowest BCUT2D eigenvalue weighted by Gasteiger charge is -2.08. The number of hydrogen-bond donors (Lipinski definition) is 0. The standard InChI is InChI=1S/C14H14O5/c1-8(2)18-13(15)10-7-9-5-4-6-11(17-3)12(9)19-14(10)16/h4-8H,1-3H3. The van der Waals surface area contributed by atoms with E-state index in [4.69, 9.17) is 13.9 Å². The van der Waals surface area contributed by atoms with E-state index in [-0.39, 0.29) is 11.7 Å². The number of rotatable bonds is 3. The maximum Gasteiger partial charge on any atom is 0.351 e. The Labute approximate surface area is 109 Å². The summed E-state index contributed by atoms with van der Waals surface area (Å²) in [7, 11) is 1.48. The van der Waals surface area contributed by atoms with E-state index < -0.39 is 11.6 Å². The molecule has 0 amide bonds. The number of methoxy groups -OCH3 is 1. The van der Waals surface area contributed by atoms with Gasteiger partial charge in [-0.05, 0) is 26.0 Å². The van der Waals surface area contributed by atoms with Crippen LogP contribution in [0.5, 0.6) is 5.75 Å². The van der Waals surface area contributed by atoms with Crippen LogP contribution in [0.1, 0.15) is 24.2 Å². The number of para-hydroxylation sites is 1. The van der Waals surface area contributed by atoms with Gasteiger partial charge in [-0.15, -0.1) is 0 Å². The van der Waals surface area contributed by atoms with Gasteiger partial charge in [0.2, 0.25) is 0 Å². The molecule has 100 valence electrons. The molecule has 0 aliphatic heterocycles. The van der Waals surface area contributed by atoms with E-state index in [1.54, 1.807) is 32.0 Å². The number of benzene rings is 1. The molecule has 0 saturated carbocycles. The average Bonchev–Trinajstić information content (AvgIpc) is 2.36. The second-order valence-corrected chi connectivity index (χ2v) is 4.28. The Morgan fingerprint density at radius 3 is 2.68 bits per heavy atom. The molecule has 2 rings (SSSR count). The summed E-state index contributed by atoms with van der Waals surface area (Å²) in [6, 6.07) is 6.61. The molecule has 0 aliphatic rings. The van der Waals surface area contributed by atoms with Gasteiger partial charge in [0, 0.05) is 5.39 Å². The first-order chi connectivity index (χ1) is 9.02. The first kappa shape index (κ1) is 13.1. The zero-order valence-corrected chi connectivity index (χ0v) is 10.9. The Kier molecular flexibility index (Phi) is 3.55. The maximum atomic E-state index is 11.8. The van der Waals surface area contributed by atoms with Crippen LogP contribution in [0.15, 0.2) is 33.5 Å². The molecule has 1 aromatic heterocycles. The van der Waals surface area contributed by atoms with Gasteiger partial charge in [-0.3, -0.25) is 0 Å². The number of ether oxygens (including phenoxy) is 2. The number of hydrogen-bond acceptors (Lipinski definition) is 5. The Bertz CT molecular complexity index is 669. The fourth-order valence-corrected chi connectivity index (χ4v) is 1.70. The van der Waals surface area contributed by atoms with Crippen LogP contribution in [0.4, 0.5) is 0 Å². The molecule has 0 atom stereocenters. The highest BCUT2D eigenvalue weighted by Crippen LogP contribution is 2.24. The van der Waals surface area contributed by atoms with Crippen molar-refractivity contribution >= 4 is 16.9 Å². The highest BCUT2D eigenvalue weighted by Gasteiger charge is 2.17. The number of carbonyl (C=O) groups excluding carboxylic acids is 1. The first-order valence-corrected chi connectivity index (χ1v) is 5.84. The van der Waals surface area contributed by atoms with Crippen LogP contribution in [-0.2, 0) is 4.74 Å². The van der Waals surface area contributed by atoms with Gasteiger partial charge >= 0.3 is 11.6 Å². The molecule has 0 fully saturated rings. The predicted octanol–water partition coefficient (Wildman–Crippen LogP) is 2.37. The van der Waals surface area contributed by atoms with Gasteiger partial charge in [-0.2, -0.15) is 0 Å². The average molecular weight is 262 g/mol. The van der Waals surface area contributed by atoms with Gasteiger partial charge in [0.05, 0.1) is 13.2 Å². The molecule has 1 aromatic carbocycles. The molecule has 19 heavy (non-hydrogen) atoms. The van der Waals surface area contributed by atoms with E-state index in [1.165, 1.54) is 13.2 Å². The van der Waals surface area contributed by atoms with Crippen molar-refractivity contribution < 1.29 is 18.7 Å². The summed E-state index contributed by atoms with van der Waals surface area (Å²) in [6.07, 6.45) is -0.298. The van der Waals surface area contributed by atoms with Gasteiger partial charge in [0.15, 0.2) is 11.3 Å². The molecule has 0 bridgehead atoms. The molecule has 0 saturated heterocycles. The fraction of sp³-hybridized carbons (Fsp3) is 0.286. The molecule has 2 aromatic rings. The third kappa shape index (κ3) is 2.59. The van der Waals surface area contributed by atoms with Gasteiger partial charge in [0.1, 0.15) is 5.56 Å². The van der Waals surface area contributed by atoms with E-state index >= 15 is 0 Å². The van der Waals surface area contributed by atoms with Crippen molar-refractivity contribution in [3.63, 3.8) is 0 Å². The van der Waals surface area contributed by atoms with E-state index in [0.717, 1.165) is 0 Å². The molecule has 5 nitrogen and oxygen atoms in total. The van der Waals surface area contributed by atoms with Gasteiger partial charge in [-0.1, -0.05) is 12.1 Å². The van der Waals surface area contributed by atoms with Crippen molar-refractivity contribution in [1.82, 2.24) is 0 Å². The topological polar surface area (TPSA) is 65.7 Å². The van der Waals surface area contributed by atoms with E-state index in [9.17, 15) is 9.59 Å². The van der Waals surface area contributed by atoms with Crippen LogP contribution in [-0.4, -0.2) is 19.2 Å². The fourth-order valence-electron chi connectivity index (χ4n) is 1.70. The molecule has 0 N–H and O–H groups in total. The number of esters is 1. The van der Waals surface area contributed by atoms with Gasteiger partial charge < -0.3 is 13.9 Å². The summed E-state index contributed by atoms with van der Waals surface area (Å²) >= 11 is 0. The smallest absolute Gasteiger partial charge is 0.351 e. The minimum absolute atomic E-state index is 0.116. The molecular weight excluding hydrogens is 248 g/mol. The van der Waals surface area contributed by atoms with Crippen LogP contribution < -0.4 is 10.4 Å². The SMILES string of the molecule is COc1cccc2cc(C(=O)OC(C)C)c(=O)oc12. The Hall–Kier alpha value is -2.30. The zero-order valence-electron chi connectivity index (χ0n) is 10.9. The highest BCUT2D eigenvalue weighted by atomic mass is 16.5. The monoisotopic (exact) mass is 262 g/mol. The minimum Gasteiger partial charge on any atom is -0.493 e. The Balaban J connectivity index is 2.57. The normalized spacial score (nSPS) is 10.7. The second kappa shape index (κ2) is 5.14. The summed E-state index contributed by atoms with van der Waals surface area (Å²) < 4.78 is 15.2. The summed E-state index contributed by atoms with van der Waals surface area (Å²) in [6.45, 7) is 3.42. The van der Waals surface area contributed by atoms with Crippen molar-refractivity contribution in [2.24, 2.45) is 0 Å². The Morgan fingerprint density at radius 2 is 2.05 bits per heavy atom. The van der Waals surface area contributed by atoms with Crippen molar-refractivity contribution in [1.29, 1.82) is 0 Å². The molecule has 0 aliphatic carbocycles. The van der Waals surface area contributed by atoms with Crippen LogP contribution in [0.25, 0.3) is 11.0 Å². The van der Waals surface area contributed by atoms with E-state index in [0.29, 0.717) is 16.7 Å². The van der Waals surface area contributed by atoms with Crippen LogP contribution >= 0.6 is 0 Å². The first-order valence-electron chi connectivity index (χ1n) is 5.84. The van der Waals surface area contributed by atoms with Crippen LogP contribution in [0.3, 0.4) is 0 Å². The summed E-state index contributed by atoms with van der Waals surface area (Å²) in [4.78, 5) is 23.6. The highest BCUT2D eigenvalue weighted by molar-refractivity contribution is 5.94. The molecule has 0 radical (unpaired) electrons. The summed E-state index contributed by atoms with van der Waals surface area (Å²) in [5, 5.41) is 0.606. The molecule has 0 spiro atoms. The minimum atomic E-state index is -0.734. The lowest BCUT2D eigenvalue weighted by molar-refractivity contribution is 0.0373. The third-order valence-electron chi connectivity index (χ3n) is 2.51. The summed E-state index contributed by atoms with van der Waals surface area (Å²) in [5.74, 6) is -0.244. The lowest BCUT2D eigenvalue weighted by Crippen LogP contribution is -2.19. The van der Waals surface area contributed by atoms with Gasteiger partial charge in [0.25, 0.3) is 0 Å². The van der Waals surface area contributed by atoms with E-state index in [1.807, 2.05) is 0 Å². The predicted molar refractivity (Wildman–Crippen MR) is 69.6 cm³/mol. The van der Waals surface area contributed by atoms with Crippen LogP contribution in [0.2, 0.25) is 0 Å². The molecular formula is C14H14O5. The van der Waals surface area contributed by atoms with Crippen molar-refractivity contribution in [2.75, 3.05) is 7.11 Å². The molecule has 0 unspecified atom stereocenters. The van der Waals surface area contributed by atoms with Crippen molar-refractivity contribution in [2.45, 2.75) is 20.0 Å². The third-order valence-corrected chi connectivity index (χ3v) is 2.51. The van der Waals surface area contributed by atoms with E-state index in [2.05, 4.69) is 0 Å². The quantitative estimate of drug-likeness (QED) is 0.627. The number of carbonyl (C=O) groups is 1. The van der Waals surface area contributed by atoms with Gasteiger partial charge in [-0.25, -0.2) is 9.59 Å². The molecule has 5 heteroatoms. The van der Waals surface area contributed by atoms with Crippen LogP contribution in [0, 0.1) is 0 Å². The van der Waals surface area contributed by atoms with Crippen molar-refractivity contribution in [3.8, 4) is 5.75 Å². The summed E-state index contributed by atoms with van der Waals surface area (Å²) in [5.41, 5.74) is -0.534. The second-order valence-electron chi connectivity index (χ2n) is 4.28. The number of fused-ring (bicyclic) bond motifs is 1. The largest absolute Gasteiger partial charge is 0.493 e. The lowest BCUT2D eigenvalue weighted by atomic mass is 10.2. The molecule has 1 heterocycles. The van der Waals surface area contributed by atoms with Crippen molar-refractivity contribution in [3.05, 3.63) is 40.2 Å². The maximum absolute atomic E-state index is 11.8.